The van der Waals surface area contributed by atoms with E-state index in [1.165, 1.54) is 16.2 Å². The number of thiophene rings is 1. The van der Waals surface area contributed by atoms with Gasteiger partial charge in [-0.3, -0.25) is 14.4 Å². The molecular weight excluding hydrogens is 434 g/mol. The Labute approximate surface area is 169 Å². The van der Waals surface area contributed by atoms with Crippen LogP contribution in [0.15, 0.2) is 40.2 Å². The van der Waals surface area contributed by atoms with Gasteiger partial charge >= 0.3 is 0 Å². The molecule has 2 aromatic rings. The van der Waals surface area contributed by atoms with Crippen LogP contribution in [0, 0.1) is 0 Å². The summed E-state index contributed by atoms with van der Waals surface area (Å²) in [6, 6.07) is 10.2. The largest absolute Gasteiger partial charge is 0.497 e. The summed E-state index contributed by atoms with van der Waals surface area (Å²) in [5.41, 5.74) is 0.509. The highest BCUT2D eigenvalue weighted by atomic mass is 79.9. The SMILES string of the molecule is COc1ccc(C(=O)NCCNC(=O)CN(C)C(=O)c2ccc(Br)s2)cc1. The van der Waals surface area contributed by atoms with Crippen molar-refractivity contribution >= 4 is 45.0 Å². The minimum Gasteiger partial charge on any atom is -0.497 e. The van der Waals surface area contributed by atoms with E-state index >= 15 is 0 Å². The van der Waals surface area contributed by atoms with E-state index in [-0.39, 0.29) is 37.4 Å². The molecule has 3 amide bonds. The maximum Gasteiger partial charge on any atom is 0.264 e. The van der Waals surface area contributed by atoms with Crippen molar-refractivity contribution in [3.05, 3.63) is 50.6 Å². The molecule has 1 aromatic carbocycles. The smallest absolute Gasteiger partial charge is 0.264 e. The van der Waals surface area contributed by atoms with Gasteiger partial charge in [-0.05, 0) is 52.3 Å². The van der Waals surface area contributed by atoms with Gasteiger partial charge in [0.25, 0.3) is 11.8 Å². The molecule has 27 heavy (non-hydrogen) atoms. The summed E-state index contributed by atoms with van der Waals surface area (Å²) < 4.78 is 5.90. The Hall–Kier alpha value is -2.39. The van der Waals surface area contributed by atoms with Crippen molar-refractivity contribution in [3.63, 3.8) is 0 Å². The standard InChI is InChI=1S/C18H20BrN3O4S/c1-22(18(25)14-7-8-15(19)27-14)11-16(23)20-9-10-21-17(24)12-3-5-13(26-2)6-4-12/h3-8H,9-11H2,1-2H3,(H,20,23)(H,21,24). The Bertz CT molecular complexity index is 807. The summed E-state index contributed by atoms with van der Waals surface area (Å²) in [6.45, 7) is 0.500. The molecule has 2 N–H and O–H groups in total. The molecule has 0 radical (unpaired) electrons. The van der Waals surface area contributed by atoms with E-state index in [1.807, 2.05) is 0 Å². The predicted molar refractivity (Wildman–Crippen MR) is 107 cm³/mol. The average Bonchev–Trinajstić information content (AvgIpc) is 3.10. The highest BCUT2D eigenvalue weighted by Gasteiger charge is 2.16. The van der Waals surface area contributed by atoms with Crippen molar-refractivity contribution in [1.29, 1.82) is 0 Å². The molecule has 0 unspecified atom stereocenters. The zero-order chi connectivity index (χ0) is 19.8. The number of benzene rings is 1. The third-order valence-electron chi connectivity index (χ3n) is 3.60. The minimum absolute atomic E-state index is 0.0548. The molecule has 9 heteroatoms. The van der Waals surface area contributed by atoms with E-state index in [1.54, 1.807) is 50.6 Å². The number of halogens is 1. The third-order valence-corrected chi connectivity index (χ3v) is 5.21. The van der Waals surface area contributed by atoms with Crippen LogP contribution in [-0.2, 0) is 4.79 Å². The van der Waals surface area contributed by atoms with Crippen LogP contribution in [0.4, 0.5) is 0 Å². The lowest BCUT2D eigenvalue weighted by Crippen LogP contribution is -2.41. The minimum atomic E-state index is -0.292. The van der Waals surface area contributed by atoms with Gasteiger partial charge in [-0.25, -0.2) is 0 Å². The zero-order valence-corrected chi connectivity index (χ0v) is 17.4. The Morgan fingerprint density at radius 2 is 1.74 bits per heavy atom. The first-order valence-electron chi connectivity index (χ1n) is 8.10. The molecule has 0 aliphatic carbocycles. The molecule has 1 heterocycles. The number of carbonyl (C=O) groups is 3. The first kappa shape index (κ1) is 20.9. The fraction of sp³-hybridized carbons (Fsp3) is 0.278. The van der Waals surface area contributed by atoms with E-state index in [2.05, 4.69) is 26.6 Å². The number of ether oxygens (including phenoxy) is 1. The van der Waals surface area contributed by atoms with Gasteiger partial charge in [0.05, 0.1) is 22.3 Å². The van der Waals surface area contributed by atoms with E-state index in [9.17, 15) is 14.4 Å². The van der Waals surface area contributed by atoms with Crippen LogP contribution in [0.2, 0.25) is 0 Å². The first-order chi connectivity index (χ1) is 12.9. The van der Waals surface area contributed by atoms with E-state index in [4.69, 9.17) is 4.74 Å². The summed E-state index contributed by atoms with van der Waals surface area (Å²) in [7, 11) is 3.13. The van der Waals surface area contributed by atoms with Crippen LogP contribution >= 0.6 is 27.3 Å². The van der Waals surface area contributed by atoms with Crippen molar-refractivity contribution in [1.82, 2.24) is 15.5 Å². The van der Waals surface area contributed by atoms with Crippen LogP contribution in [0.5, 0.6) is 5.75 Å². The number of rotatable bonds is 8. The molecule has 0 saturated heterocycles. The number of carbonyl (C=O) groups excluding carboxylic acids is 3. The van der Waals surface area contributed by atoms with Crippen LogP contribution in [-0.4, -0.2) is 56.4 Å². The van der Waals surface area contributed by atoms with Gasteiger partial charge in [0.2, 0.25) is 5.91 Å². The molecular formula is C18H20BrN3O4S. The normalized spacial score (nSPS) is 10.2. The van der Waals surface area contributed by atoms with E-state index < -0.39 is 0 Å². The van der Waals surface area contributed by atoms with Gasteiger partial charge in [0.1, 0.15) is 5.75 Å². The molecule has 7 nitrogen and oxygen atoms in total. The lowest BCUT2D eigenvalue weighted by atomic mass is 10.2. The second kappa shape index (κ2) is 10.1. The highest BCUT2D eigenvalue weighted by molar-refractivity contribution is 9.11. The van der Waals surface area contributed by atoms with Crippen LogP contribution in [0.25, 0.3) is 0 Å². The average molecular weight is 454 g/mol. The number of hydrogen-bond donors (Lipinski definition) is 2. The molecule has 0 aliphatic rings. The van der Waals surface area contributed by atoms with Crippen molar-refractivity contribution in [2.45, 2.75) is 0 Å². The second-order valence-electron chi connectivity index (χ2n) is 5.60. The van der Waals surface area contributed by atoms with E-state index in [0.29, 0.717) is 16.2 Å². The van der Waals surface area contributed by atoms with Gasteiger partial charge < -0.3 is 20.3 Å². The number of methoxy groups -OCH3 is 1. The van der Waals surface area contributed by atoms with Crippen LogP contribution < -0.4 is 15.4 Å². The van der Waals surface area contributed by atoms with Gasteiger partial charge in [0.15, 0.2) is 0 Å². The Balaban J connectivity index is 1.69. The fourth-order valence-corrected chi connectivity index (χ4v) is 3.56. The van der Waals surface area contributed by atoms with Gasteiger partial charge in [-0.1, -0.05) is 0 Å². The second-order valence-corrected chi connectivity index (χ2v) is 8.06. The molecule has 0 saturated carbocycles. The van der Waals surface area contributed by atoms with Crippen molar-refractivity contribution in [2.24, 2.45) is 0 Å². The van der Waals surface area contributed by atoms with Crippen molar-refractivity contribution in [2.75, 3.05) is 33.8 Å². The zero-order valence-electron chi connectivity index (χ0n) is 15.0. The summed E-state index contributed by atoms with van der Waals surface area (Å²) in [4.78, 5) is 38.0. The Kier molecular flexibility index (Phi) is 7.81. The summed E-state index contributed by atoms with van der Waals surface area (Å²) >= 11 is 4.62. The summed E-state index contributed by atoms with van der Waals surface area (Å²) in [5, 5.41) is 5.39. The number of hydrogen-bond acceptors (Lipinski definition) is 5. The van der Waals surface area contributed by atoms with Gasteiger partial charge in [0, 0.05) is 25.7 Å². The third kappa shape index (κ3) is 6.37. The fourth-order valence-electron chi connectivity index (χ4n) is 2.18. The van der Waals surface area contributed by atoms with Gasteiger partial charge in [-0.15, -0.1) is 11.3 Å². The summed E-state index contributed by atoms with van der Waals surface area (Å²) in [6.07, 6.45) is 0. The van der Waals surface area contributed by atoms with Crippen molar-refractivity contribution < 1.29 is 19.1 Å². The molecule has 2 rings (SSSR count). The maximum atomic E-state index is 12.2. The van der Waals surface area contributed by atoms with Crippen LogP contribution in [0.1, 0.15) is 20.0 Å². The number of amides is 3. The monoisotopic (exact) mass is 453 g/mol. The number of nitrogens with one attached hydrogen (secondary N) is 2. The molecule has 0 fully saturated rings. The van der Waals surface area contributed by atoms with E-state index in [0.717, 1.165) is 3.79 Å². The predicted octanol–water partition coefficient (Wildman–Crippen LogP) is 2.14. The number of nitrogens with zero attached hydrogens (tertiary/aromatic N) is 1. The Morgan fingerprint density at radius 1 is 1.07 bits per heavy atom. The molecule has 0 atom stereocenters. The lowest BCUT2D eigenvalue weighted by molar-refractivity contribution is -0.121. The molecule has 0 aliphatic heterocycles. The van der Waals surface area contributed by atoms with Crippen LogP contribution in [0.3, 0.4) is 0 Å². The molecule has 0 bridgehead atoms. The van der Waals surface area contributed by atoms with Gasteiger partial charge in [-0.2, -0.15) is 0 Å². The maximum absolute atomic E-state index is 12.2. The number of likely N-dealkylation sites (N-methyl/N-ethyl adjacent to an activating group) is 1. The first-order valence-corrected chi connectivity index (χ1v) is 9.71. The van der Waals surface area contributed by atoms with Crippen molar-refractivity contribution in [3.8, 4) is 5.75 Å². The highest BCUT2D eigenvalue weighted by Crippen LogP contribution is 2.22. The molecule has 0 spiro atoms. The summed E-state index contributed by atoms with van der Waals surface area (Å²) in [5.74, 6) is -0.0660. The molecule has 144 valence electrons. The molecule has 1 aromatic heterocycles. The lowest BCUT2D eigenvalue weighted by Gasteiger charge is -2.16. The Morgan fingerprint density at radius 3 is 2.33 bits per heavy atom. The topological polar surface area (TPSA) is 87.7 Å². The quantitative estimate of drug-likeness (QED) is 0.599.